The van der Waals surface area contributed by atoms with E-state index in [2.05, 4.69) is 37.5 Å². The van der Waals surface area contributed by atoms with Crippen LogP contribution in [0.5, 0.6) is 0 Å². The summed E-state index contributed by atoms with van der Waals surface area (Å²) in [6, 6.07) is 0. The second-order valence-corrected chi connectivity index (χ2v) is 11.1. The number of carbonyl (C=O) groups is 1. The lowest BCUT2D eigenvalue weighted by molar-refractivity contribution is -0.0979. The zero-order valence-electron chi connectivity index (χ0n) is 21.9. The van der Waals surface area contributed by atoms with Crippen LogP contribution in [0.3, 0.4) is 0 Å². The molecule has 6 unspecified atom stereocenters. The van der Waals surface area contributed by atoms with Gasteiger partial charge in [0.15, 0.2) is 0 Å². The molecule has 0 radical (unpaired) electrons. The van der Waals surface area contributed by atoms with Crippen molar-refractivity contribution in [2.45, 2.75) is 98.8 Å². The Labute approximate surface area is 205 Å². The third-order valence-electron chi connectivity index (χ3n) is 9.74. The van der Waals surface area contributed by atoms with Gasteiger partial charge in [-0.25, -0.2) is 0 Å². The van der Waals surface area contributed by atoms with E-state index in [0.717, 1.165) is 24.1 Å². The van der Waals surface area contributed by atoms with Gasteiger partial charge >= 0.3 is 0 Å². The molecule has 4 saturated carbocycles. The Morgan fingerprint density at radius 3 is 2.33 bits per heavy atom. The quantitative estimate of drug-likeness (QED) is 0.249. The van der Waals surface area contributed by atoms with Gasteiger partial charge in [0.25, 0.3) is 0 Å². The fourth-order valence-corrected chi connectivity index (χ4v) is 8.89. The molecule has 0 aliphatic heterocycles. The van der Waals surface area contributed by atoms with Gasteiger partial charge in [-0.05, 0) is 121 Å². The maximum atomic E-state index is 8.27. The molecule has 5 aliphatic rings. The van der Waals surface area contributed by atoms with Crippen LogP contribution in [0.25, 0.3) is 0 Å². The molecule has 0 amide bonds. The molecule has 4 heteroatoms. The first-order valence-electron chi connectivity index (χ1n) is 13.2. The molecule has 6 atom stereocenters. The molecule has 0 heterocycles. The first-order chi connectivity index (χ1) is 15.4. The molecule has 0 bridgehead atoms. The molecule has 2 spiro atoms. The van der Waals surface area contributed by atoms with E-state index in [4.69, 9.17) is 10.2 Å². The van der Waals surface area contributed by atoms with Crippen molar-refractivity contribution >= 4 is 12.5 Å². The summed E-state index contributed by atoms with van der Waals surface area (Å²) < 4.78 is 0. The summed E-state index contributed by atoms with van der Waals surface area (Å²) >= 11 is 0. The van der Waals surface area contributed by atoms with Crippen molar-refractivity contribution in [3.63, 3.8) is 0 Å². The van der Waals surface area contributed by atoms with Crippen LogP contribution < -0.4 is 10.6 Å². The Kier molecular flexibility index (Phi) is 11.5. The van der Waals surface area contributed by atoms with Gasteiger partial charge in [-0.1, -0.05) is 39.3 Å². The van der Waals surface area contributed by atoms with Crippen LogP contribution >= 0.6 is 0 Å². The normalized spacial score (nSPS) is 38.5. The van der Waals surface area contributed by atoms with E-state index >= 15 is 0 Å². The SMILES string of the molecule is C.C=O.CC(=N)C1CCC2C1(C)CCC1C34CCCC=C3CCC214.CCCCNC.CNC. The molecule has 33 heavy (non-hydrogen) atoms. The fourth-order valence-electron chi connectivity index (χ4n) is 8.89. The molecule has 3 N–H and O–H groups in total. The topological polar surface area (TPSA) is 65.0 Å². The van der Waals surface area contributed by atoms with E-state index in [9.17, 15) is 0 Å². The summed E-state index contributed by atoms with van der Waals surface area (Å²) in [5.74, 6) is 2.55. The molecule has 192 valence electrons. The Morgan fingerprint density at radius 2 is 1.79 bits per heavy atom. The smallest absolute Gasteiger partial charge is 0.106 e. The standard InChI is InChI=1S/C20H29N.C5H13N.C2H7N.CH2O.CH4/c1-13(21)15-6-7-16-18(15,2)11-9-17-19-10-4-3-5-14(19)8-12-20(16,17)19;1-3-4-5-6-2;1-3-2;1-2;/h5,15-17,21H,3-4,6-12H2,1-2H3;6H,3-5H2,1-2H3;3H,1-2H3;1H2;1H4. The highest BCUT2D eigenvalue weighted by atomic mass is 16.1. The van der Waals surface area contributed by atoms with E-state index < -0.39 is 0 Å². The van der Waals surface area contributed by atoms with E-state index in [-0.39, 0.29) is 7.43 Å². The van der Waals surface area contributed by atoms with Gasteiger partial charge in [-0.3, -0.25) is 0 Å². The number of unbranched alkanes of at least 4 members (excludes halogenated alkanes) is 1. The molecule has 5 aliphatic carbocycles. The van der Waals surface area contributed by atoms with Crippen LogP contribution in [0.2, 0.25) is 0 Å². The Morgan fingerprint density at radius 1 is 1.12 bits per heavy atom. The van der Waals surface area contributed by atoms with Crippen molar-refractivity contribution in [3.8, 4) is 0 Å². The lowest BCUT2D eigenvalue weighted by Crippen LogP contribution is -2.40. The van der Waals surface area contributed by atoms with Crippen LogP contribution in [0, 0.1) is 39.4 Å². The van der Waals surface area contributed by atoms with Gasteiger partial charge in [0, 0.05) is 17.0 Å². The van der Waals surface area contributed by atoms with E-state index in [1.54, 1.807) is 0 Å². The minimum absolute atomic E-state index is 0. The van der Waals surface area contributed by atoms with Crippen molar-refractivity contribution < 1.29 is 4.79 Å². The van der Waals surface area contributed by atoms with Crippen LogP contribution in [0.1, 0.15) is 98.8 Å². The lowest BCUT2D eigenvalue weighted by Gasteiger charge is -2.45. The van der Waals surface area contributed by atoms with Crippen molar-refractivity contribution in [1.82, 2.24) is 10.6 Å². The summed E-state index contributed by atoms with van der Waals surface area (Å²) in [4.78, 5) is 8.00. The van der Waals surface area contributed by atoms with Crippen LogP contribution in [-0.2, 0) is 4.79 Å². The molecule has 0 aromatic carbocycles. The number of nitrogens with one attached hydrogen (secondary N) is 3. The minimum Gasteiger partial charge on any atom is -0.323 e. The Bertz CT molecular complexity index is 657. The highest BCUT2D eigenvalue weighted by molar-refractivity contribution is 5.82. The molecule has 0 aromatic heterocycles. The summed E-state index contributed by atoms with van der Waals surface area (Å²) in [6.07, 6.45) is 18.0. The summed E-state index contributed by atoms with van der Waals surface area (Å²) in [6.45, 7) is 9.99. The Hall–Kier alpha value is -1.00. The van der Waals surface area contributed by atoms with Crippen molar-refractivity contribution in [1.29, 1.82) is 5.41 Å². The molecular weight excluding hydrogens is 406 g/mol. The van der Waals surface area contributed by atoms with Crippen LogP contribution in [-0.4, -0.2) is 40.2 Å². The summed E-state index contributed by atoms with van der Waals surface area (Å²) in [5, 5.41) is 14.1. The highest BCUT2D eigenvalue weighted by Gasteiger charge is 2.84. The van der Waals surface area contributed by atoms with E-state index in [1.165, 1.54) is 70.6 Å². The number of rotatable bonds is 4. The van der Waals surface area contributed by atoms with Gasteiger partial charge in [0.05, 0.1) is 0 Å². The van der Waals surface area contributed by atoms with Crippen molar-refractivity contribution in [2.24, 2.45) is 34.0 Å². The average molecular weight is 462 g/mol. The predicted molar refractivity (Wildman–Crippen MR) is 144 cm³/mol. The van der Waals surface area contributed by atoms with E-state index in [0.29, 0.717) is 22.2 Å². The third kappa shape index (κ3) is 4.76. The second kappa shape index (κ2) is 12.6. The number of hydrogen-bond acceptors (Lipinski definition) is 4. The van der Waals surface area contributed by atoms with Gasteiger partial charge in [-0.15, -0.1) is 0 Å². The van der Waals surface area contributed by atoms with E-state index in [1.807, 2.05) is 33.5 Å². The first-order valence-corrected chi connectivity index (χ1v) is 13.2. The van der Waals surface area contributed by atoms with Crippen molar-refractivity contribution in [3.05, 3.63) is 11.6 Å². The molecule has 5 rings (SSSR count). The molecule has 4 nitrogen and oxygen atoms in total. The average Bonchev–Trinajstić information content (AvgIpc) is 3.05. The molecular formula is C29H55N3O. The lowest BCUT2D eigenvalue weighted by atomic mass is 9.59. The second-order valence-electron chi connectivity index (χ2n) is 11.1. The van der Waals surface area contributed by atoms with Gasteiger partial charge < -0.3 is 20.8 Å². The highest BCUT2D eigenvalue weighted by Crippen LogP contribution is 2.91. The van der Waals surface area contributed by atoms with Crippen molar-refractivity contribution in [2.75, 3.05) is 27.7 Å². The first kappa shape index (κ1) is 30.0. The maximum Gasteiger partial charge on any atom is 0.106 e. The number of hydrogen-bond donors (Lipinski definition) is 3. The fraction of sp³-hybridized carbons (Fsp3) is 0.862. The van der Waals surface area contributed by atoms with Crippen LogP contribution in [0.15, 0.2) is 11.6 Å². The number of allylic oxidation sites excluding steroid dienone is 2. The van der Waals surface area contributed by atoms with Gasteiger partial charge in [0.1, 0.15) is 6.79 Å². The minimum atomic E-state index is 0. The number of carbonyl (C=O) groups excluding carboxylic acids is 1. The van der Waals surface area contributed by atoms with Gasteiger partial charge in [0.2, 0.25) is 0 Å². The number of fused-ring (bicyclic) bond motifs is 1. The molecule has 4 fully saturated rings. The predicted octanol–water partition coefficient (Wildman–Crippen LogP) is 6.65. The van der Waals surface area contributed by atoms with Gasteiger partial charge in [-0.2, -0.15) is 0 Å². The largest absolute Gasteiger partial charge is 0.323 e. The zero-order chi connectivity index (χ0) is 24.0. The summed E-state index contributed by atoms with van der Waals surface area (Å²) in [5.41, 5.74) is 4.67. The van der Waals surface area contributed by atoms with Crippen LogP contribution in [0.4, 0.5) is 0 Å². The maximum absolute atomic E-state index is 8.27. The zero-order valence-corrected chi connectivity index (χ0v) is 21.9. The monoisotopic (exact) mass is 461 g/mol. The Balaban J connectivity index is 0.000000391. The third-order valence-corrected chi connectivity index (χ3v) is 9.74. The molecule has 0 aromatic rings. The summed E-state index contributed by atoms with van der Waals surface area (Å²) in [7, 11) is 5.73. The molecule has 0 saturated heterocycles.